The molecule has 0 saturated carbocycles. The number of aliphatic carboxylic acids is 1. The van der Waals surface area contributed by atoms with Gasteiger partial charge in [-0.25, -0.2) is 9.67 Å². The molecule has 3 aromatic rings. The van der Waals surface area contributed by atoms with Crippen LogP contribution in [0.5, 0.6) is 17.4 Å². The Hall–Kier alpha value is -3.76. The molecule has 0 aliphatic rings. The minimum absolute atomic E-state index is 0.0330. The Bertz CT molecular complexity index is 1160. The van der Waals surface area contributed by atoms with Gasteiger partial charge in [0.2, 0.25) is 5.88 Å². The summed E-state index contributed by atoms with van der Waals surface area (Å²) in [6, 6.07) is 7.63. The maximum absolute atomic E-state index is 12.8. The van der Waals surface area contributed by atoms with E-state index in [0.717, 1.165) is 29.8 Å². The third-order valence-electron chi connectivity index (χ3n) is 5.29. The monoisotopic (exact) mass is 521 g/mol. The highest BCUT2D eigenvalue weighted by Crippen LogP contribution is 2.31. The lowest BCUT2D eigenvalue weighted by Crippen LogP contribution is -2.07. The average Bonchev–Trinajstić information content (AvgIpc) is 3.27. The fourth-order valence-electron chi connectivity index (χ4n) is 3.48. The van der Waals surface area contributed by atoms with Crippen LogP contribution in [0.25, 0.3) is 5.82 Å². The number of aryl methyl sites for hydroxylation is 2. The standard InChI is InChI=1S/C26H30F3N3O5/c1-3-13-36-22-15-18(8-12-24(33)34)7-10-21(22)37-14-5-6-19-17-32(31-25(19)35-4-2)23-11-9-20(16-30-23)26(27,28)29/h7,9-11,15-17H,3-6,8,12-14H2,1-2H3,(H,33,34). The molecule has 3 rings (SSSR count). The van der Waals surface area contributed by atoms with Crippen molar-refractivity contribution in [3.05, 3.63) is 59.4 Å². The highest BCUT2D eigenvalue weighted by atomic mass is 19.4. The summed E-state index contributed by atoms with van der Waals surface area (Å²) < 4.78 is 57.2. The van der Waals surface area contributed by atoms with E-state index in [9.17, 15) is 18.0 Å². The van der Waals surface area contributed by atoms with Crippen molar-refractivity contribution in [1.82, 2.24) is 14.8 Å². The molecule has 0 aliphatic heterocycles. The number of pyridine rings is 1. The van der Waals surface area contributed by atoms with Crippen molar-refractivity contribution in [2.45, 2.75) is 52.1 Å². The highest BCUT2D eigenvalue weighted by Gasteiger charge is 2.30. The third-order valence-corrected chi connectivity index (χ3v) is 5.29. The number of carboxylic acid groups (broad SMARTS) is 1. The normalized spacial score (nSPS) is 11.4. The SMILES string of the molecule is CCCOc1cc(CCC(=O)O)ccc1OCCCc1cn(-c2ccc(C(F)(F)F)cn2)nc1OCC. The van der Waals surface area contributed by atoms with E-state index in [0.29, 0.717) is 56.5 Å². The minimum Gasteiger partial charge on any atom is -0.490 e. The lowest BCUT2D eigenvalue weighted by atomic mass is 10.1. The number of carbonyl (C=O) groups is 1. The van der Waals surface area contributed by atoms with Crippen LogP contribution >= 0.6 is 0 Å². The van der Waals surface area contributed by atoms with E-state index < -0.39 is 17.7 Å². The second-order valence-electron chi connectivity index (χ2n) is 8.22. The molecule has 0 bridgehead atoms. The molecule has 1 N–H and O–H groups in total. The third kappa shape index (κ3) is 8.12. The summed E-state index contributed by atoms with van der Waals surface area (Å²) in [6.45, 7) is 5.07. The molecule has 0 amide bonds. The summed E-state index contributed by atoms with van der Waals surface area (Å²) in [7, 11) is 0. The van der Waals surface area contributed by atoms with Gasteiger partial charge < -0.3 is 19.3 Å². The van der Waals surface area contributed by atoms with Crippen molar-refractivity contribution in [2.75, 3.05) is 19.8 Å². The first-order valence-corrected chi connectivity index (χ1v) is 12.1. The molecule has 8 nitrogen and oxygen atoms in total. The molecular weight excluding hydrogens is 491 g/mol. The first-order valence-electron chi connectivity index (χ1n) is 12.1. The number of hydrogen-bond acceptors (Lipinski definition) is 6. The molecule has 0 radical (unpaired) electrons. The van der Waals surface area contributed by atoms with E-state index in [1.165, 1.54) is 10.7 Å². The number of alkyl halides is 3. The maximum atomic E-state index is 12.8. The molecule has 0 unspecified atom stereocenters. The first-order chi connectivity index (χ1) is 17.7. The van der Waals surface area contributed by atoms with Gasteiger partial charge in [-0.2, -0.15) is 13.2 Å². The molecule has 1 aromatic carbocycles. The lowest BCUT2D eigenvalue weighted by Gasteiger charge is -2.14. The van der Waals surface area contributed by atoms with Gasteiger partial charge in [0, 0.05) is 24.4 Å². The topological polar surface area (TPSA) is 95.7 Å². The van der Waals surface area contributed by atoms with Crippen LogP contribution in [0.1, 0.15) is 49.8 Å². The largest absolute Gasteiger partial charge is 0.490 e. The highest BCUT2D eigenvalue weighted by molar-refractivity contribution is 5.67. The summed E-state index contributed by atoms with van der Waals surface area (Å²) in [5, 5.41) is 13.3. The summed E-state index contributed by atoms with van der Waals surface area (Å²) in [5.41, 5.74) is 0.799. The number of halogens is 3. The Morgan fingerprint density at radius 2 is 1.81 bits per heavy atom. The number of aromatic nitrogens is 3. The summed E-state index contributed by atoms with van der Waals surface area (Å²) in [5.74, 6) is 0.916. The van der Waals surface area contributed by atoms with Crippen LogP contribution in [0, 0.1) is 0 Å². The fourth-order valence-corrected chi connectivity index (χ4v) is 3.48. The van der Waals surface area contributed by atoms with Crippen molar-refractivity contribution in [3.8, 4) is 23.2 Å². The van der Waals surface area contributed by atoms with Crippen molar-refractivity contribution in [2.24, 2.45) is 0 Å². The Labute approximate surface area is 213 Å². The van der Waals surface area contributed by atoms with Crippen molar-refractivity contribution in [3.63, 3.8) is 0 Å². The van der Waals surface area contributed by atoms with Crippen LogP contribution in [0.15, 0.2) is 42.7 Å². The Morgan fingerprint density at radius 1 is 1.03 bits per heavy atom. The second-order valence-corrected chi connectivity index (χ2v) is 8.22. The molecule has 0 fully saturated rings. The molecular formula is C26H30F3N3O5. The van der Waals surface area contributed by atoms with E-state index in [2.05, 4.69) is 10.1 Å². The lowest BCUT2D eigenvalue weighted by molar-refractivity contribution is -0.138. The smallest absolute Gasteiger partial charge is 0.417 e. The molecule has 2 aromatic heterocycles. The van der Waals surface area contributed by atoms with Gasteiger partial charge in [-0.3, -0.25) is 4.79 Å². The maximum Gasteiger partial charge on any atom is 0.417 e. The van der Waals surface area contributed by atoms with Gasteiger partial charge in [0.25, 0.3) is 0 Å². The van der Waals surface area contributed by atoms with Crippen LogP contribution in [-0.2, 0) is 23.8 Å². The molecule has 0 spiro atoms. The van der Waals surface area contributed by atoms with Gasteiger partial charge >= 0.3 is 12.1 Å². The fraction of sp³-hybridized carbons (Fsp3) is 0.423. The quantitative estimate of drug-likeness (QED) is 0.280. The Kier molecular flexibility index (Phi) is 9.76. The molecule has 37 heavy (non-hydrogen) atoms. The summed E-state index contributed by atoms with van der Waals surface area (Å²) in [6.07, 6.45) is 0.414. The van der Waals surface area contributed by atoms with Gasteiger partial charge in [-0.15, -0.1) is 5.10 Å². The molecule has 200 valence electrons. The van der Waals surface area contributed by atoms with E-state index in [1.807, 2.05) is 26.0 Å². The van der Waals surface area contributed by atoms with Crippen LogP contribution in [0.4, 0.5) is 13.2 Å². The Morgan fingerprint density at radius 3 is 2.46 bits per heavy atom. The van der Waals surface area contributed by atoms with E-state index in [-0.39, 0.29) is 12.2 Å². The molecule has 0 saturated heterocycles. The van der Waals surface area contributed by atoms with Gasteiger partial charge in [-0.05, 0) is 62.4 Å². The van der Waals surface area contributed by atoms with Crippen LogP contribution < -0.4 is 14.2 Å². The zero-order valence-corrected chi connectivity index (χ0v) is 20.8. The van der Waals surface area contributed by atoms with Gasteiger partial charge in [0.05, 0.1) is 25.4 Å². The van der Waals surface area contributed by atoms with E-state index in [1.54, 1.807) is 12.3 Å². The van der Waals surface area contributed by atoms with E-state index >= 15 is 0 Å². The number of rotatable bonds is 14. The van der Waals surface area contributed by atoms with Crippen LogP contribution in [-0.4, -0.2) is 45.7 Å². The molecule has 0 aliphatic carbocycles. The zero-order chi connectivity index (χ0) is 26.8. The predicted molar refractivity (Wildman–Crippen MR) is 130 cm³/mol. The molecule has 0 atom stereocenters. The van der Waals surface area contributed by atoms with Gasteiger partial charge in [0.1, 0.15) is 0 Å². The van der Waals surface area contributed by atoms with Gasteiger partial charge in [0.15, 0.2) is 17.3 Å². The number of hydrogen-bond donors (Lipinski definition) is 1. The molecule has 11 heteroatoms. The van der Waals surface area contributed by atoms with Crippen LogP contribution in [0.3, 0.4) is 0 Å². The zero-order valence-electron chi connectivity index (χ0n) is 20.8. The van der Waals surface area contributed by atoms with E-state index in [4.69, 9.17) is 19.3 Å². The van der Waals surface area contributed by atoms with Crippen LogP contribution in [0.2, 0.25) is 0 Å². The van der Waals surface area contributed by atoms with Crippen molar-refractivity contribution < 1.29 is 37.3 Å². The number of nitrogens with zero attached hydrogens (tertiary/aromatic N) is 3. The Balaban J connectivity index is 1.64. The average molecular weight is 522 g/mol. The molecule has 2 heterocycles. The number of carboxylic acids is 1. The first kappa shape index (κ1) is 27.8. The van der Waals surface area contributed by atoms with Crippen molar-refractivity contribution in [1.29, 1.82) is 0 Å². The van der Waals surface area contributed by atoms with Crippen molar-refractivity contribution >= 4 is 5.97 Å². The van der Waals surface area contributed by atoms with Gasteiger partial charge in [-0.1, -0.05) is 13.0 Å². The second kappa shape index (κ2) is 13.0. The number of ether oxygens (including phenoxy) is 3. The summed E-state index contributed by atoms with van der Waals surface area (Å²) >= 11 is 0. The number of benzene rings is 1. The summed E-state index contributed by atoms with van der Waals surface area (Å²) in [4.78, 5) is 14.8. The predicted octanol–water partition coefficient (Wildman–Crippen LogP) is 5.50. The minimum atomic E-state index is -4.46.